The van der Waals surface area contributed by atoms with Gasteiger partial charge in [-0.05, 0) is 0 Å². The SMILES string of the molecule is N#CC([C]=O)C=O. The van der Waals surface area contributed by atoms with Crippen molar-refractivity contribution in [3.63, 3.8) is 0 Å². The van der Waals surface area contributed by atoms with Crippen LogP contribution in [0.1, 0.15) is 0 Å². The Bertz CT molecular complexity index is 105. The number of rotatable bonds is 2. The monoisotopic (exact) mass is 96.0 g/mol. The van der Waals surface area contributed by atoms with Gasteiger partial charge in [0.1, 0.15) is 6.29 Å². The lowest BCUT2D eigenvalue weighted by atomic mass is 10.2. The van der Waals surface area contributed by atoms with E-state index in [9.17, 15) is 9.59 Å². The van der Waals surface area contributed by atoms with E-state index in [-0.39, 0.29) is 6.29 Å². The van der Waals surface area contributed by atoms with E-state index in [1.165, 1.54) is 12.4 Å². The molecule has 1 radical (unpaired) electrons. The molecule has 0 saturated heterocycles. The Kier molecular flexibility index (Phi) is 2.53. The first-order chi connectivity index (χ1) is 3.35. The highest BCUT2D eigenvalue weighted by atomic mass is 16.1. The van der Waals surface area contributed by atoms with Crippen LogP contribution < -0.4 is 0 Å². The minimum Gasteiger partial charge on any atom is -0.301 e. The van der Waals surface area contributed by atoms with E-state index < -0.39 is 5.92 Å². The fraction of sp³-hybridized carbons (Fsp3) is 0.250. The molecule has 1 atom stereocenters. The molecular formula is C4H2NO2. The third-order valence-corrected chi connectivity index (χ3v) is 0.402. The second-order valence-corrected chi connectivity index (χ2v) is 0.861. The van der Waals surface area contributed by atoms with Gasteiger partial charge < -0.3 is 4.79 Å². The normalized spacial score (nSPS) is 7.43. The van der Waals surface area contributed by atoms with E-state index in [0.717, 1.165) is 0 Å². The molecule has 7 heavy (non-hydrogen) atoms. The maximum Gasteiger partial charge on any atom is 0.224 e. The smallest absolute Gasteiger partial charge is 0.224 e. The van der Waals surface area contributed by atoms with Crippen LogP contribution in [-0.4, -0.2) is 12.6 Å². The second kappa shape index (κ2) is 3.04. The Labute approximate surface area is 40.5 Å². The van der Waals surface area contributed by atoms with Gasteiger partial charge in [0.05, 0.1) is 6.07 Å². The average Bonchev–Trinajstić information content (AvgIpc) is 1.72. The molecule has 0 aromatic carbocycles. The van der Waals surface area contributed by atoms with Crippen molar-refractivity contribution in [2.75, 3.05) is 0 Å². The lowest BCUT2D eigenvalue weighted by molar-refractivity contribution is -0.108. The summed E-state index contributed by atoms with van der Waals surface area (Å²) in [5.74, 6) is -1.19. The van der Waals surface area contributed by atoms with Gasteiger partial charge in [0.15, 0.2) is 5.92 Å². The van der Waals surface area contributed by atoms with E-state index in [0.29, 0.717) is 0 Å². The minimum atomic E-state index is -1.19. The molecule has 3 heteroatoms. The standard InChI is InChI=1S/C4H2NO2/c5-1-4(2-6)3-7/h2,4H. The van der Waals surface area contributed by atoms with Crippen LogP contribution in [0.4, 0.5) is 0 Å². The van der Waals surface area contributed by atoms with Crippen LogP contribution in [0.5, 0.6) is 0 Å². The lowest BCUT2D eigenvalue weighted by Crippen LogP contribution is -1.97. The largest absolute Gasteiger partial charge is 0.301 e. The van der Waals surface area contributed by atoms with Crippen molar-refractivity contribution >= 4 is 12.6 Å². The van der Waals surface area contributed by atoms with Crippen LogP contribution in [0.2, 0.25) is 0 Å². The first kappa shape index (κ1) is 5.83. The molecule has 0 aliphatic heterocycles. The van der Waals surface area contributed by atoms with Gasteiger partial charge in [0, 0.05) is 0 Å². The molecule has 0 bridgehead atoms. The summed E-state index contributed by atoms with van der Waals surface area (Å²) in [5.41, 5.74) is 0. The van der Waals surface area contributed by atoms with Crippen LogP contribution in [0.3, 0.4) is 0 Å². The fourth-order valence-electron chi connectivity index (χ4n) is 0.0846. The first-order valence-corrected chi connectivity index (χ1v) is 1.57. The molecule has 3 nitrogen and oxygen atoms in total. The summed E-state index contributed by atoms with van der Waals surface area (Å²) in [6.45, 7) is 0. The van der Waals surface area contributed by atoms with Gasteiger partial charge in [-0.3, -0.25) is 4.79 Å². The molecule has 0 aromatic rings. The van der Waals surface area contributed by atoms with E-state index >= 15 is 0 Å². The van der Waals surface area contributed by atoms with Crippen LogP contribution in [-0.2, 0) is 9.59 Å². The third kappa shape index (κ3) is 1.66. The van der Waals surface area contributed by atoms with Crippen molar-refractivity contribution < 1.29 is 9.59 Å². The first-order valence-electron chi connectivity index (χ1n) is 1.57. The maximum absolute atomic E-state index is 9.48. The highest BCUT2D eigenvalue weighted by Crippen LogP contribution is 1.76. The molecule has 0 spiro atoms. The van der Waals surface area contributed by atoms with Crippen LogP contribution in [0.15, 0.2) is 0 Å². The molecule has 0 aromatic heterocycles. The van der Waals surface area contributed by atoms with Gasteiger partial charge in [-0.25, -0.2) is 0 Å². The Hall–Kier alpha value is -1.17. The summed E-state index contributed by atoms with van der Waals surface area (Å²) >= 11 is 0. The summed E-state index contributed by atoms with van der Waals surface area (Å²) in [7, 11) is 0. The summed E-state index contributed by atoms with van der Waals surface area (Å²) in [4.78, 5) is 18.9. The Balaban J connectivity index is 3.65. The number of nitrogens with zero attached hydrogens (tertiary/aromatic N) is 1. The fourth-order valence-corrected chi connectivity index (χ4v) is 0.0846. The molecular weight excluding hydrogens is 94.0 g/mol. The second-order valence-electron chi connectivity index (χ2n) is 0.861. The van der Waals surface area contributed by atoms with Gasteiger partial charge in [0.2, 0.25) is 6.29 Å². The van der Waals surface area contributed by atoms with Crippen molar-refractivity contribution in [3.05, 3.63) is 0 Å². The third-order valence-electron chi connectivity index (χ3n) is 0.402. The molecule has 0 saturated carbocycles. The molecule has 0 aliphatic carbocycles. The van der Waals surface area contributed by atoms with Crippen molar-refractivity contribution in [3.8, 4) is 6.07 Å². The Morgan fingerprint density at radius 2 is 2.29 bits per heavy atom. The Morgan fingerprint density at radius 3 is 2.29 bits per heavy atom. The summed E-state index contributed by atoms with van der Waals surface area (Å²) in [6, 6.07) is 1.41. The molecule has 0 amide bonds. The topological polar surface area (TPSA) is 57.9 Å². The molecule has 0 rings (SSSR count). The van der Waals surface area contributed by atoms with E-state index in [1.807, 2.05) is 0 Å². The zero-order valence-electron chi connectivity index (χ0n) is 3.42. The van der Waals surface area contributed by atoms with E-state index in [1.54, 1.807) is 0 Å². The predicted octanol–water partition coefficient (Wildman–Crippen LogP) is -0.565. The maximum atomic E-state index is 9.48. The van der Waals surface area contributed by atoms with Crippen molar-refractivity contribution in [1.82, 2.24) is 0 Å². The molecule has 0 N–H and O–H groups in total. The average molecular weight is 96.1 g/mol. The highest BCUT2D eigenvalue weighted by molar-refractivity contribution is 5.81. The van der Waals surface area contributed by atoms with Gasteiger partial charge >= 0.3 is 0 Å². The van der Waals surface area contributed by atoms with E-state index in [4.69, 9.17) is 5.26 Å². The highest BCUT2D eigenvalue weighted by Gasteiger charge is 2.00. The molecule has 35 valence electrons. The molecule has 0 aliphatic rings. The van der Waals surface area contributed by atoms with Crippen LogP contribution >= 0.6 is 0 Å². The van der Waals surface area contributed by atoms with E-state index in [2.05, 4.69) is 0 Å². The molecule has 1 unspecified atom stereocenters. The summed E-state index contributed by atoms with van der Waals surface area (Å²) in [6.07, 6.45) is 1.47. The van der Waals surface area contributed by atoms with Crippen LogP contribution in [0.25, 0.3) is 0 Å². The lowest BCUT2D eigenvalue weighted by Gasteiger charge is -1.73. The predicted molar refractivity (Wildman–Crippen MR) is 20.9 cm³/mol. The summed E-state index contributed by atoms with van der Waals surface area (Å²) < 4.78 is 0. The van der Waals surface area contributed by atoms with Gasteiger partial charge in [-0.15, -0.1) is 0 Å². The number of hydrogen-bond acceptors (Lipinski definition) is 3. The van der Waals surface area contributed by atoms with Crippen molar-refractivity contribution in [2.45, 2.75) is 0 Å². The Morgan fingerprint density at radius 1 is 1.71 bits per heavy atom. The number of carbonyl (C=O) groups is 1. The minimum absolute atomic E-state index is 0.243. The molecule has 0 fully saturated rings. The van der Waals surface area contributed by atoms with Crippen molar-refractivity contribution in [1.29, 1.82) is 5.26 Å². The molecule has 0 heterocycles. The van der Waals surface area contributed by atoms with Gasteiger partial charge in [-0.1, -0.05) is 0 Å². The number of nitriles is 1. The number of carbonyl (C=O) groups excluding carboxylic acids is 2. The zero-order valence-corrected chi connectivity index (χ0v) is 3.42. The van der Waals surface area contributed by atoms with Crippen molar-refractivity contribution in [2.24, 2.45) is 5.92 Å². The number of hydrogen-bond donors (Lipinski definition) is 0. The zero-order chi connectivity index (χ0) is 5.70. The number of aldehydes is 1. The summed E-state index contributed by atoms with van der Waals surface area (Å²) in [5, 5.41) is 7.78. The quantitative estimate of drug-likeness (QED) is 0.342. The van der Waals surface area contributed by atoms with Gasteiger partial charge in [-0.2, -0.15) is 5.26 Å². The van der Waals surface area contributed by atoms with Gasteiger partial charge in [0.25, 0.3) is 0 Å². The van der Waals surface area contributed by atoms with Crippen LogP contribution in [0, 0.1) is 17.2 Å².